The molecule has 2 aromatic carbocycles. The molecule has 0 atom stereocenters. The molecule has 3 rings (SSSR count). The van der Waals surface area contributed by atoms with E-state index in [1.54, 1.807) is 6.07 Å². The molecule has 0 aliphatic rings. The van der Waals surface area contributed by atoms with E-state index in [-0.39, 0.29) is 0 Å². The highest BCUT2D eigenvalue weighted by Gasteiger charge is 2.14. The minimum absolute atomic E-state index is 0.671. The number of benzene rings is 2. The molecule has 102 valence electrons. The maximum atomic E-state index is 6.10. The number of halogens is 1. The van der Waals surface area contributed by atoms with Crippen molar-refractivity contribution in [1.29, 1.82) is 0 Å². The number of nitrogens with zero attached hydrogens (tertiary/aromatic N) is 2. The monoisotopic (exact) mass is 285 g/mol. The van der Waals surface area contributed by atoms with Crippen LogP contribution < -0.4 is 5.73 Å². The van der Waals surface area contributed by atoms with Crippen LogP contribution in [-0.4, -0.2) is 9.55 Å². The van der Waals surface area contributed by atoms with E-state index in [9.17, 15) is 0 Å². The van der Waals surface area contributed by atoms with Gasteiger partial charge in [0, 0.05) is 22.8 Å². The zero-order valence-electron chi connectivity index (χ0n) is 11.3. The summed E-state index contributed by atoms with van der Waals surface area (Å²) in [6.45, 7) is 3.06. The summed E-state index contributed by atoms with van der Waals surface area (Å²) in [6.07, 6.45) is 1.04. The Kier molecular flexibility index (Phi) is 3.36. The quantitative estimate of drug-likeness (QED) is 0.727. The number of anilines is 1. The first-order valence-corrected chi connectivity index (χ1v) is 7.09. The lowest BCUT2D eigenvalue weighted by Crippen LogP contribution is -2.01. The summed E-state index contributed by atoms with van der Waals surface area (Å²) in [7, 11) is 0. The fourth-order valence-electron chi connectivity index (χ4n) is 2.45. The van der Waals surface area contributed by atoms with E-state index in [1.165, 1.54) is 0 Å². The average Bonchev–Trinajstić information content (AvgIpc) is 2.81. The number of rotatable bonds is 3. The molecule has 3 nitrogen and oxygen atoms in total. The Bertz CT molecular complexity index is 762. The van der Waals surface area contributed by atoms with Crippen LogP contribution >= 0.6 is 11.6 Å². The van der Waals surface area contributed by atoms with Gasteiger partial charge in [-0.3, -0.25) is 0 Å². The van der Waals surface area contributed by atoms with Crippen LogP contribution in [0.25, 0.3) is 22.4 Å². The summed E-state index contributed by atoms with van der Waals surface area (Å²) >= 11 is 6.10. The lowest BCUT2D eigenvalue weighted by molar-refractivity contribution is 0.704. The minimum Gasteiger partial charge on any atom is -0.398 e. The summed E-state index contributed by atoms with van der Waals surface area (Å²) in [5.41, 5.74) is 9.79. The van der Waals surface area contributed by atoms with Crippen LogP contribution in [0.3, 0.4) is 0 Å². The molecule has 0 unspecified atom stereocenters. The molecule has 2 N–H and O–H groups in total. The van der Waals surface area contributed by atoms with Crippen molar-refractivity contribution in [2.45, 2.75) is 19.9 Å². The van der Waals surface area contributed by atoms with Gasteiger partial charge < -0.3 is 10.3 Å². The molecule has 20 heavy (non-hydrogen) atoms. The van der Waals surface area contributed by atoms with Crippen LogP contribution in [-0.2, 0) is 6.54 Å². The summed E-state index contributed by atoms with van der Waals surface area (Å²) in [5, 5.41) is 0.671. The van der Waals surface area contributed by atoms with Crippen molar-refractivity contribution in [1.82, 2.24) is 9.55 Å². The van der Waals surface area contributed by atoms with Gasteiger partial charge in [-0.2, -0.15) is 0 Å². The number of hydrogen-bond acceptors (Lipinski definition) is 2. The van der Waals surface area contributed by atoms with Crippen molar-refractivity contribution in [2.24, 2.45) is 0 Å². The molecule has 0 radical (unpaired) electrons. The molecule has 0 fully saturated rings. The molecular weight excluding hydrogens is 270 g/mol. The number of nitrogens with two attached hydrogens (primary N) is 1. The molecule has 0 bridgehead atoms. The Morgan fingerprint density at radius 1 is 1.20 bits per heavy atom. The van der Waals surface area contributed by atoms with Crippen molar-refractivity contribution in [3.05, 3.63) is 47.5 Å². The SMILES string of the molecule is CCCn1c(-c2cc(Cl)ccc2N)nc2ccccc21. The van der Waals surface area contributed by atoms with Crippen molar-refractivity contribution >= 4 is 28.3 Å². The summed E-state index contributed by atoms with van der Waals surface area (Å²) in [4.78, 5) is 4.73. The van der Waals surface area contributed by atoms with Gasteiger partial charge in [-0.1, -0.05) is 30.7 Å². The number of hydrogen-bond donors (Lipinski definition) is 1. The maximum Gasteiger partial charge on any atom is 0.143 e. The minimum atomic E-state index is 0.671. The molecule has 0 aliphatic heterocycles. The number of para-hydroxylation sites is 2. The molecule has 0 saturated heterocycles. The Labute approximate surface area is 123 Å². The summed E-state index contributed by atoms with van der Waals surface area (Å²) < 4.78 is 2.21. The predicted octanol–water partition coefficient (Wildman–Crippen LogP) is 4.35. The zero-order chi connectivity index (χ0) is 14.1. The maximum absolute atomic E-state index is 6.10. The van der Waals surface area contributed by atoms with Gasteiger partial charge in [-0.15, -0.1) is 0 Å². The Morgan fingerprint density at radius 3 is 2.80 bits per heavy atom. The van der Waals surface area contributed by atoms with Gasteiger partial charge in [0.25, 0.3) is 0 Å². The Morgan fingerprint density at radius 2 is 2.00 bits per heavy atom. The van der Waals surface area contributed by atoms with Crippen LogP contribution in [0.2, 0.25) is 5.02 Å². The molecule has 0 aliphatic carbocycles. The van der Waals surface area contributed by atoms with Gasteiger partial charge in [-0.25, -0.2) is 4.98 Å². The third kappa shape index (κ3) is 2.14. The van der Waals surface area contributed by atoms with Crippen molar-refractivity contribution in [2.75, 3.05) is 5.73 Å². The highest BCUT2D eigenvalue weighted by atomic mass is 35.5. The van der Waals surface area contributed by atoms with Gasteiger partial charge in [-0.05, 0) is 36.8 Å². The van der Waals surface area contributed by atoms with Crippen molar-refractivity contribution < 1.29 is 0 Å². The smallest absolute Gasteiger partial charge is 0.143 e. The Hall–Kier alpha value is -2.00. The second-order valence-electron chi connectivity index (χ2n) is 4.81. The summed E-state index contributed by atoms with van der Waals surface area (Å²) in [5.74, 6) is 0.882. The largest absolute Gasteiger partial charge is 0.398 e. The van der Waals surface area contributed by atoms with E-state index in [1.807, 2.05) is 30.3 Å². The molecule has 1 aromatic heterocycles. The van der Waals surface area contributed by atoms with Crippen LogP contribution in [0, 0.1) is 0 Å². The van der Waals surface area contributed by atoms with E-state index in [0.717, 1.165) is 35.4 Å². The predicted molar refractivity (Wildman–Crippen MR) is 84.9 cm³/mol. The molecule has 0 saturated carbocycles. The number of aryl methyl sites for hydroxylation is 1. The molecule has 0 amide bonds. The van der Waals surface area contributed by atoms with Crippen LogP contribution in [0.1, 0.15) is 13.3 Å². The van der Waals surface area contributed by atoms with Gasteiger partial charge in [0.05, 0.1) is 11.0 Å². The average molecular weight is 286 g/mol. The van der Waals surface area contributed by atoms with E-state index in [2.05, 4.69) is 17.6 Å². The first-order valence-electron chi connectivity index (χ1n) is 6.71. The van der Waals surface area contributed by atoms with Crippen molar-refractivity contribution in [3.8, 4) is 11.4 Å². The van der Waals surface area contributed by atoms with Gasteiger partial charge >= 0.3 is 0 Å². The lowest BCUT2D eigenvalue weighted by Gasteiger charge is -2.10. The van der Waals surface area contributed by atoms with Gasteiger partial charge in [0.2, 0.25) is 0 Å². The summed E-state index contributed by atoms with van der Waals surface area (Å²) in [6, 6.07) is 13.6. The third-order valence-electron chi connectivity index (χ3n) is 3.36. The highest BCUT2D eigenvalue weighted by Crippen LogP contribution is 2.31. The number of nitrogen functional groups attached to an aromatic ring is 1. The molecule has 1 heterocycles. The third-order valence-corrected chi connectivity index (χ3v) is 3.59. The second kappa shape index (κ2) is 5.17. The zero-order valence-corrected chi connectivity index (χ0v) is 12.1. The number of aromatic nitrogens is 2. The van der Waals surface area contributed by atoms with E-state index in [0.29, 0.717) is 10.7 Å². The molecule has 4 heteroatoms. The van der Waals surface area contributed by atoms with Crippen LogP contribution in [0.5, 0.6) is 0 Å². The topological polar surface area (TPSA) is 43.8 Å². The fourth-order valence-corrected chi connectivity index (χ4v) is 2.63. The van der Waals surface area contributed by atoms with Crippen molar-refractivity contribution in [3.63, 3.8) is 0 Å². The molecular formula is C16H16ClN3. The first kappa shape index (κ1) is 13.0. The van der Waals surface area contributed by atoms with Gasteiger partial charge in [0.1, 0.15) is 5.82 Å². The van der Waals surface area contributed by atoms with Crippen LogP contribution in [0.15, 0.2) is 42.5 Å². The van der Waals surface area contributed by atoms with E-state index >= 15 is 0 Å². The van der Waals surface area contributed by atoms with E-state index < -0.39 is 0 Å². The van der Waals surface area contributed by atoms with Gasteiger partial charge in [0.15, 0.2) is 0 Å². The Balaban J connectivity index is 2.29. The highest BCUT2D eigenvalue weighted by molar-refractivity contribution is 6.31. The molecule has 0 spiro atoms. The lowest BCUT2D eigenvalue weighted by atomic mass is 10.1. The standard InChI is InChI=1S/C16H16ClN3/c1-2-9-20-15-6-4-3-5-14(15)19-16(20)12-10-11(17)7-8-13(12)18/h3-8,10H,2,9,18H2,1H3. The fraction of sp³-hybridized carbons (Fsp3) is 0.188. The first-order chi connectivity index (χ1) is 9.70. The molecule has 3 aromatic rings. The normalized spacial score (nSPS) is 11.1. The second-order valence-corrected chi connectivity index (χ2v) is 5.24. The number of fused-ring (bicyclic) bond motifs is 1. The van der Waals surface area contributed by atoms with E-state index in [4.69, 9.17) is 22.3 Å². The van der Waals surface area contributed by atoms with Crippen LogP contribution in [0.4, 0.5) is 5.69 Å². The number of imidazole rings is 1.